The molecule has 5 aliphatic heterocycles. The number of piperazine rings is 2. The van der Waals surface area contributed by atoms with Gasteiger partial charge in [0.2, 0.25) is 23.6 Å². The van der Waals surface area contributed by atoms with Crippen molar-refractivity contribution in [2.24, 2.45) is 0 Å². The Labute approximate surface area is 373 Å². The second kappa shape index (κ2) is 17.8. The number of pyridine rings is 1. The third-order valence-electron chi connectivity index (χ3n) is 12.4. The Morgan fingerprint density at radius 1 is 0.781 bits per heavy atom. The number of hydrogen-bond donors (Lipinski definition) is 2. The molecule has 0 spiro atoms. The number of nitrogens with zero attached hydrogens (tertiary/aromatic N) is 10. The van der Waals surface area contributed by atoms with Crippen molar-refractivity contribution in [3.8, 4) is 5.88 Å². The van der Waals surface area contributed by atoms with Crippen LogP contribution in [0.3, 0.4) is 0 Å². The van der Waals surface area contributed by atoms with Gasteiger partial charge in [0.1, 0.15) is 17.9 Å². The zero-order valence-electron chi connectivity index (χ0n) is 37.0. The molecule has 5 amide bonds. The highest BCUT2D eigenvalue weighted by atomic mass is 16.6. The maximum Gasteiger partial charge on any atom is 0.415 e. The average Bonchev–Trinajstić information content (AvgIpc) is 3.29. The van der Waals surface area contributed by atoms with Crippen molar-refractivity contribution in [1.82, 2.24) is 30.1 Å². The Kier molecular flexibility index (Phi) is 11.9. The Morgan fingerprint density at radius 2 is 1.45 bits per heavy atom. The Balaban J connectivity index is 0.741. The molecule has 0 bridgehead atoms. The highest BCUT2D eigenvalue weighted by Crippen LogP contribution is 2.40. The van der Waals surface area contributed by atoms with Crippen molar-refractivity contribution >= 4 is 64.0 Å². The largest absolute Gasteiger partial charge is 0.474 e. The van der Waals surface area contributed by atoms with Crippen LogP contribution in [0.1, 0.15) is 44.0 Å². The Hall–Kier alpha value is -6.69. The minimum atomic E-state index is -0.625. The van der Waals surface area contributed by atoms with Gasteiger partial charge in [0.25, 0.3) is 0 Å². The fraction of sp³-hybridized carbons (Fsp3) is 0.457. The van der Waals surface area contributed by atoms with Crippen LogP contribution < -0.4 is 39.9 Å². The van der Waals surface area contributed by atoms with Crippen LogP contribution in [0.25, 0.3) is 0 Å². The first-order valence-corrected chi connectivity index (χ1v) is 22.2. The number of rotatable bonds is 8. The highest BCUT2D eigenvalue weighted by molar-refractivity contribution is 6.05. The van der Waals surface area contributed by atoms with E-state index in [0.29, 0.717) is 69.8 Å². The number of carbonyl (C=O) groups is 4. The molecule has 3 saturated heterocycles. The zero-order chi connectivity index (χ0) is 44.5. The first-order chi connectivity index (χ1) is 30.8. The van der Waals surface area contributed by atoms with Gasteiger partial charge in [-0.05, 0) is 88.2 Å². The second-order valence-electron chi connectivity index (χ2n) is 17.8. The minimum absolute atomic E-state index is 0.164. The number of hydrogen-bond acceptors (Lipinski definition) is 14. The highest BCUT2D eigenvalue weighted by Gasteiger charge is 2.33. The quantitative estimate of drug-likeness (QED) is 0.253. The molecule has 64 heavy (non-hydrogen) atoms. The molecular formula is C46H56N12O6. The monoisotopic (exact) mass is 872 g/mol. The predicted molar refractivity (Wildman–Crippen MR) is 244 cm³/mol. The molecule has 3 fully saturated rings. The van der Waals surface area contributed by atoms with Gasteiger partial charge in [0.05, 0.1) is 37.2 Å². The summed E-state index contributed by atoms with van der Waals surface area (Å²) in [5.41, 5.74) is 7.69. The first kappa shape index (κ1) is 42.6. The molecule has 7 heterocycles. The van der Waals surface area contributed by atoms with Crippen LogP contribution in [0.2, 0.25) is 0 Å². The SMILES string of the molecule is Cc1c(N2CCc3cnc(Nc4ccc(N5CCN(C(=O)CN6CCN(c7ccc(N8CCC(=O)NC8=O)cc7)CC6)CC5)cc4)nc3C2)cnc2c1N(C(=O)OC(C)(C)C)CCO2. The molecular weight excluding hydrogens is 817 g/mol. The van der Waals surface area contributed by atoms with Gasteiger partial charge >= 0.3 is 12.1 Å². The Morgan fingerprint density at radius 3 is 2.14 bits per heavy atom. The smallest absolute Gasteiger partial charge is 0.415 e. The van der Waals surface area contributed by atoms with E-state index in [1.54, 1.807) is 9.80 Å². The Bertz CT molecular complexity index is 2390. The van der Waals surface area contributed by atoms with Crippen molar-refractivity contribution in [2.45, 2.75) is 52.7 Å². The van der Waals surface area contributed by atoms with E-state index < -0.39 is 11.7 Å². The van der Waals surface area contributed by atoms with Crippen LogP contribution in [-0.2, 0) is 27.3 Å². The molecule has 0 saturated carbocycles. The van der Waals surface area contributed by atoms with Gasteiger partial charge in [-0.25, -0.2) is 24.5 Å². The molecule has 5 aliphatic rings. The van der Waals surface area contributed by atoms with Crippen molar-refractivity contribution in [2.75, 3.05) is 115 Å². The summed E-state index contributed by atoms with van der Waals surface area (Å²) in [7, 11) is 0. The van der Waals surface area contributed by atoms with E-state index in [-0.39, 0.29) is 17.8 Å². The summed E-state index contributed by atoms with van der Waals surface area (Å²) >= 11 is 0. The van der Waals surface area contributed by atoms with Gasteiger partial charge in [-0.15, -0.1) is 0 Å². The third-order valence-corrected chi connectivity index (χ3v) is 12.4. The first-order valence-electron chi connectivity index (χ1n) is 22.2. The van der Waals surface area contributed by atoms with Gasteiger partial charge in [-0.3, -0.25) is 29.6 Å². The third kappa shape index (κ3) is 9.32. The summed E-state index contributed by atoms with van der Waals surface area (Å²) < 4.78 is 11.6. The van der Waals surface area contributed by atoms with E-state index in [2.05, 4.69) is 52.3 Å². The summed E-state index contributed by atoms with van der Waals surface area (Å²) in [6.45, 7) is 16.5. The van der Waals surface area contributed by atoms with Crippen molar-refractivity contribution in [1.29, 1.82) is 0 Å². The lowest BCUT2D eigenvalue weighted by Crippen LogP contribution is -2.54. The predicted octanol–water partition coefficient (Wildman–Crippen LogP) is 4.54. The molecule has 0 radical (unpaired) electrons. The van der Waals surface area contributed by atoms with E-state index in [0.717, 1.165) is 97.5 Å². The standard InChI is InChI=1S/C46H56N12O6/c1-31-38(28-47-42-41(31)58(25-26-63-42)45(62)64-46(2,3)4)56-15-13-32-27-48-43(50-37(32)29-56)49-33-5-7-34(8-6-33)54-21-23-55(24-22-54)40(60)30-52-17-19-53(20-18-52)35-9-11-36(12-10-35)57-16-14-39(59)51-44(57)61/h5-12,27-28H,13-26,29-30H2,1-4H3,(H,48,49,50)(H,51,59,61). The fourth-order valence-corrected chi connectivity index (χ4v) is 8.92. The number of urea groups is 1. The maximum absolute atomic E-state index is 13.4. The van der Waals surface area contributed by atoms with Crippen LogP contribution in [0.5, 0.6) is 5.88 Å². The van der Waals surface area contributed by atoms with E-state index in [1.807, 2.05) is 81.4 Å². The summed E-state index contributed by atoms with van der Waals surface area (Å²) in [6.07, 6.45) is 4.37. The number of carbonyl (C=O) groups excluding carboxylic acids is 4. The summed E-state index contributed by atoms with van der Waals surface area (Å²) in [6, 6.07) is 15.7. The molecule has 0 unspecified atom stereocenters. The molecule has 2 aromatic carbocycles. The minimum Gasteiger partial charge on any atom is -0.474 e. The molecule has 18 nitrogen and oxygen atoms in total. The van der Waals surface area contributed by atoms with Crippen LogP contribution in [0.15, 0.2) is 60.9 Å². The number of imide groups is 1. The maximum atomic E-state index is 13.4. The van der Waals surface area contributed by atoms with E-state index in [9.17, 15) is 19.2 Å². The number of fused-ring (bicyclic) bond motifs is 2. The van der Waals surface area contributed by atoms with Crippen LogP contribution in [-0.4, -0.2) is 139 Å². The van der Waals surface area contributed by atoms with Gasteiger partial charge in [-0.2, -0.15) is 0 Å². The normalized spacial score (nSPS) is 18.2. The molecule has 4 aromatic rings. The second-order valence-corrected chi connectivity index (χ2v) is 17.8. The molecule has 2 aromatic heterocycles. The van der Waals surface area contributed by atoms with Crippen molar-refractivity contribution < 1.29 is 28.7 Å². The molecule has 2 N–H and O–H groups in total. The molecule has 0 aliphatic carbocycles. The fourth-order valence-electron chi connectivity index (χ4n) is 8.92. The molecule has 0 atom stereocenters. The van der Waals surface area contributed by atoms with Crippen LogP contribution in [0, 0.1) is 6.92 Å². The lowest BCUT2D eigenvalue weighted by molar-refractivity contribution is -0.132. The van der Waals surface area contributed by atoms with Gasteiger partial charge < -0.3 is 34.4 Å². The number of nitrogens with one attached hydrogen (secondary N) is 2. The lowest BCUT2D eigenvalue weighted by Gasteiger charge is -2.39. The van der Waals surface area contributed by atoms with Gasteiger partial charge in [-0.1, -0.05) is 0 Å². The summed E-state index contributed by atoms with van der Waals surface area (Å²) in [5.74, 6) is 0.871. The van der Waals surface area contributed by atoms with E-state index in [1.165, 1.54) is 0 Å². The number of amides is 5. The van der Waals surface area contributed by atoms with Gasteiger partial charge in [0.15, 0.2) is 0 Å². The molecule has 336 valence electrons. The number of anilines is 7. The summed E-state index contributed by atoms with van der Waals surface area (Å²) in [4.78, 5) is 78.8. The number of benzene rings is 2. The average molecular weight is 873 g/mol. The molecule has 9 rings (SSSR count). The van der Waals surface area contributed by atoms with E-state index in [4.69, 9.17) is 14.5 Å². The van der Waals surface area contributed by atoms with Gasteiger partial charge in [0, 0.05) is 106 Å². The lowest BCUT2D eigenvalue weighted by atomic mass is 10.0. The van der Waals surface area contributed by atoms with Crippen molar-refractivity contribution in [3.63, 3.8) is 0 Å². The zero-order valence-corrected chi connectivity index (χ0v) is 37.0. The van der Waals surface area contributed by atoms with Crippen LogP contribution >= 0.6 is 0 Å². The number of ether oxygens (including phenoxy) is 2. The topological polar surface area (TPSA) is 172 Å². The molecule has 18 heteroatoms. The van der Waals surface area contributed by atoms with Crippen LogP contribution in [0.4, 0.5) is 49.7 Å². The summed E-state index contributed by atoms with van der Waals surface area (Å²) in [5, 5.41) is 5.76. The van der Waals surface area contributed by atoms with E-state index >= 15 is 0 Å². The van der Waals surface area contributed by atoms with Crippen molar-refractivity contribution in [3.05, 3.63) is 77.7 Å². The number of aromatic nitrogens is 3.